The van der Waals surface area contributed by atoms with Crippen molar-refractivity contribution in [1.82, 2.24) is 0 Å². The van der Waals surface area contributed by atoms with Gasteiger partial charge in [0.1, 0.15) is 0 Å². The molecule has 3 heteroatoms. The van der Waals surface area contributed by atoms with Crippen molar-refractivity contribution in [2.45, 2.75) is 71.6 Å². The zero-order valence-corrected chi connectivity index (χ0v) is 10.9. The molecule has 0 spiro atoms. The van der Waals surface area contributed by atoms with Gasteiger partial charge in [-0.05, 0) is 12.8 Å². The first-order valence-electron chi connectivity index (χ1n) is 6.82. The Labute approximate surface area is 99.8 Å². The fourth-order valence-electron chi connectivity index (χ4n) is 2.08. The maximum atomic E-state index is 10.5. The van der Waals surface area contributed by atoms with Crippen molar-refractivity contribution >= 4 is 0 Å². The molecule has 0 aromatic heterocycles. The maximum Gasteiger partial charge on any atom is 0.206 e. The number of hydrogen-bond acceptors (Lipinski definition) is 2. The summed E-state index contributed by atoms with van der Waals surface area (Å²) >= 11 is 0. The SMILES string of the molecule is CCCCCCC(CCCCC)C[N+](=O)[O-]. The van der Waals surface area contributed by atoms with E-state index < -0.39 is 0 Å². The quantitative estimate of drug-likeness (QED) is 0.299. The third-order valence-electron chi connectivity index (χ3n) is 3.09. The van der Waals surface area contributed by atoms with E-state index >= 15 is 0 Å². The third-order valence-corrected chi connectivity index (χ3v) is 3.09. The lowest BCUT2D eigenvalue weighted by Crippen LogP contribution is -2.14. The molecule has 0 saturated carbocycles. The molecule has 0 bridgehead atoms. The van der Waals surface area contributed by atoms with Gasteiger partial charge in [0, 0.05) is 10.8 Å². The molecule has 0 aliphatic heterocycles. The van der Waals surface area contributed by atoms with Crippen LogP contribution in [-0.2, 0) is 0 Å². The molecule has 0 radical (unpaired) electrons. The van der Waals surface area contributed by atoms with Gasteiger partial charge in [0.15, 0.2) is 0 Å². The van der Waals surface area contributed by atoms with E-state index in [0.717, 1.165) is 19.3 Å². The van der Waals surface area contributed by atoms with Gasteiger partial charge in [0.05, 0.1) is 0 Å². The monoisotopic (exact) mass is 229 g/mol. The predicted molar refractivity (Wildman–Crippen MR) is 68.3 cm³/mol. The molecule has 1 atom stereocenters. The van der Waals surface area contributed by atoms with Gasteiger partial charge in [-0.2, -0.15) is 0 Å². The van der Waals surface area contributed by atoms with Crippen molar-refractivity contribution in [1.29, 1.82) is 0 Å². The second-order valence-corrected chi connectivity index (χ2v) is 4.73. The van der Waals surface area contributed by atoms with E-state index in [1.165, 1.54) is 38.5 Å². The minimum Gasteiger partial charge on any atom is -0.265 e. The van der Waals surface area contributed by atoms with Crippen LogP contribution >= 0.6 is 0 Å². The lowest BCUT2D eigenvalue weighted by molar-refractivity contribution is -0.488. The van der Waals surface area contributed by atoms with Crippen LogP contribution in [0, 0.1) is 16.0 Å². The third kappa shape index (κ3) is 9.94. The molecule has 0 fully saturated rings. The molecule has 0 saturated heterocycles. The zero-order chi connectivity index (χ0) is 12.2. The van der Waals surface area contributed by atoms with E-state index in [9.17, 15) is 10.1 Å². The lowest BCUT2D eigenvalue weighted by atomic mass is 9.95. The first kappa shape index (κ1) is 15.4. The number of hydrogen-bond donors (Lipinski definition) is 0. The molecule has 0 amide bonds. The number of nitro groups is 1. The molecule has 0 aliphatic carbocycles. The summed E-state index contributed by atoms with van der Waals surface area (Å²) in [6.07, 6.45) is 10.5. The zero-order valence-electron chi connectivity index (χ0n) is 10.9. The maximum absolute atomic E-state index is 10.5. The Morgan fingerprint density at radius 2 is 1.44 bits per heavy atom. The molecule has 0 heterocycles. The number of rotatable bonds is 11. The summed E-state index contributed by atoms with van der Waals surface area (Å²) in [5, 5.41) is 10.5. The largest absolute Gasteiger partial charge is 0.265 e. The van der Waals surface area contributed by atoms with Gasteiger partial charge >= 0.3 is 0 Å². The number of nitrogens with zero attached hydrogens (tertiary/aromatic N) is 1. The minimum absolute atomic E-state index is 0.142. The fourth-order valence-corrected chi connectivity index (χ4v) is 2.08. The lowest BCUT2D eigenvalue weighted by Gasteiger charge is -2.12. The average molecular weight is 229 g/mol. The summed E-state index contributed by atoms with van der Waals surface area (Å²) in [4.78, 5) is 10.4. The second-order valence-electron chi connectivity index (χ2n) is 4.73. The summed E-state index contributed by atoms with van der Waals surface area (Å²) in [6, 6.07) is 0. The summed E-state index contributed by atoms with van der Waals surface area (Å²) in [5.41, 5.74) is 0. The highest BCUT2D eigenvalue weighted by atomic mass is 16.6. The molecule has 0 aromatic carbocycles. The molecule has 0 aliphatic rings. The van der Waals surface area contributed by atoms with Gasteiger partial charge < -0.3 is 0 Å². The van der Waals surface area contributed by atoms with E-state index in [1.54, 1.807) is 0 Å². The van der Waals surface area contributed by atoms with Crippen LogP contribution in [0.25, 0.3) is 0 Å². The van der Waals surface area contributed by atoms with Gasteiger partial charge in [-0.3, -0.25) is 10.1 Å². The van der Waals surface area contributed by atoms with Crippen LogP contribution in [0.2, 0.25) is 0 Å². The van der Waals surface area contributed by atoms with Gasteiger partial charge in [0.2, 0.25) is 6.54 Å². The first-order chi connectivity index (χ1) is 7.70. The van der Waals surface area contributed by atoms with Gasteiger partial charge in [-0.25, -0.2) is 0 Å². The average Bonchev–Trinajstić information content (AvgIpc) is 2.23. The van der Waals surface area contributed by atoms with Crippen molar-refractivity contribution in [2.75, 3.05) is 6.54 Å². The standard InChI is InChI=1S/C13H27NO2/c1-3-5-7-9-11-13(12-14(15)16)10-8-6-4-2/h13H,3-12H2,1-2H3. The summed E-state index contributed by atoms with van der Waals surface area (Å²) in [6.45, 7) is 4.54. The molecule has 96 valence electrons. The topological polar surface area (TPSA) is 43.1 Å². The molecule has 16 heavy (non-hydrogen) atoms. The molecule has 3 nitrogen and oxygen atoms in total. The minimum atomic E-state index is -0.142. The van der Waals surface area contributed by atoms with E-state index in [-0.39, 0.29) is 11.5 Å². The molecular weight excluding hydrogens is 202 g/mol. The Bertz CT molecular complexity index is 171. The summed E-state index contributed by atoms with van der Waals surface area (Å²) in [7, 11) is 0. The highest BCUT2D eigenvalue weighted by molar-refractivity contribution is 4.59. The van der Waals surface area contributed by atoms with E-state index in [4.69, 9.17) is 0 Å². The smallest absolute Gasteiger partial charge is 0.206 e. The fraction of sp³-hybridized carbons (Fsp3) is 1.00. The van der Waals surface area contributed by atoms with Crippen molar-refractivity contribution in [3.8, 4) is 0 Å². The Morgan fingerprint density at radius 3 is 1.94 bits per heavy atom. The van der Waals surface area contributed by atoms with Crippen molar-refractivity contribution in [3.63, 3.8) is 0 Å². The highest BCUT2D eigenvalue weighted by Gasteiger charge is 2.14. The Balaban J connectivity index is 3.67. The van der Waals surface area contributed by atoms with Crippen molar-refractivity contribution in [3.05, 3.63) is 10.1 Å². The van der Waals surface area contributed by atoms with E-state index in [0.29, 0.717) is 5.92 Å². The van der Waals surface area contributed by atoms with Gasteiger partial charge in [-0.15, -0.1) is 0 Å². The molecule has 0 rings (SSSR count). The van der Waals surface area contributed by atoms with E-state index in [2.05, 4.69) is 13.8 Å². The van der Waals surface area contributed by atoms with Crippen LogP contribution in [0.5, 0.6) is 0 Å². The normalized spacial score (nSPS) is 12.6. The Hall–Kier alpha value is -0.600. The summed E-state index contributed by atoms with van der Waals surface area (Å²) in [5.74, 6) is 0.318. The molecule has 0 N–H and O–H groups in total. The van der Waals surface area contributed by atoms with Crippen molar-refractivity contribution < 1.29 is 4.92 Å². The van der Waals surface area contributed by atoms with Crippen LogP contribution in [0.15, 0.2) is 0 Å². The van der Waals surface area contributed by atoms with Crippen LogP contribution < -0.4 is 0 Å². The highest BCUT2D eigenvalue weighted by Crippen LogP contribution is 2.18. The van der Waals surface area contributed by atoms with Crippen LogP contribution in [0.1, 0.15) is 71.6 Å². The molecule has 0 aromatic rings. The van der Waals surface area contributed by atoms with Crippen LogP contribution in [-0.4, -0.2) is 11.5 Å². The van der Waals surface area contributed by atoms with Gasteiger partial charge in [-0.1, -0.05) is 58.8 Å². The van der Waals surface area contributed by atoms with E-state index in [1.807, 2.05) is 0 Å². The molecular formula is C13H27NO2. The van der Waals surface area contributed by atoms with Crippen LogP contribution in [0.3, 0.4) is 0 Å². The predicted octanol–water partition coefficient (Wildman–Crippen LogP) is 4.43. The second kappa shape index (κ2) is 10.9. The van der Waals surface area contributed by atoms with Gasteiger partial charge in [0.25, 0.3) is 0 Å². The van der Waals surface area contributed by atoms with Crippen molar-refractivity contribution in [2.24, 2.45) is 5.92 Å². The Kier molecular flexibility index (Phi) is 10.5. The molecule has 1 unspecified atom stereocenters. The number of unbranched alkanes of at least 4 members (excludes halogenated alkanes) is 5. The van der Waals surface area contributed by atoms with Crippen LogP contribution in [0.4, 0.5) is 0 Å². The Morgan fingerprint density at radius 1 is 0.938 bits per heavy atom. The first-order valence-corrected chi connectivity index (χ1v) is 6.82. The summed E-state index contributed by atoms with van der Waals surface area (Å²) < 4.78 is 0.